The van der Waals surface area contributed by atoms with Crippen molar-refractivity contribution in [3.63, 3.8) is 0 Å². The molecule has 0 spiro atoms. The van der Waals surface area contributed by atoms with Gasteiger partial charge in [0, 0.05) is 21.1 Å². The van der Waals surface area contributed by atoms with E-state index in [1.165, 1.54) is 4.90 Å². The van der Waals surface area contributed by atoms with Gasteiger partial charge < -0.3 is 9.80 Å². The first-order valence-electron chi connectivity index (χ1n) is 4.82. The molecule has 84 valence electrons. The van der Waals surface area contributed by atoms with Crippen LogP contribution in [0.15, 0.2) is 18.3 Å². The highest BCUT2D eigenvalue weighted by Crippen LogP contribution is 2.10. The zero-order valence-electron chi connectivity index (χ0n) is 9.64. The molecule has 0 atom stereocenters. The highest BCUT2D eigenvalue weighted by Gasteiger charge is 2.09. The molecule has 0 bridgehead atoms. The van der Waals surface area contributed by atoms with Crippen LogP contribution < -0.4 is 4.90 Å². The van der Waals surface area contributed by atoms with Crippen LogP contribution in [0, 0.1) is 11.3 Å². The SMILES string of the molecule is CN(C)C(=O)CN(C)c1ccc(C#N)nc1. The van der Waals surface area contributed by atoms with Crippen LogP contribution in [0.1, 0.15) is 5.69 Å². The molecule has 0 N–H and O–H groups in total. The summed E-state index contributed by atoms with van der Waals surface area (Å²) < 4.78 is 0. The first kappa shape index (κ1) is 12.0. The Balaban J connectivity index is 2.70. The van der Waals surface area contributed by atoms with Gasteiger partial charge in [-0.15, -0.1) is 0 Å². The predicted molar refractivity (Wildman–Crippen MR) is 60.9 cm³/mol. The van der Waals surface area contributed by atoms with Crippen molar-refractivity contribution in [2.45, 2.75) is 0 Å². The number of nitriles is 1. The van der Waals surface area contributed by atoms with E-state index in [-0.39, 0.29) is 5.91 Å². The number of nitrogens with zero attached hydrogens (tertiary/aromatic N) is 4. The number of likely N-dealkylation sites (N-methyl/N-ethyl adjacent to an activating group) is 2. The lowest BCUT2D eigenvalue weighted by atomic mass is 10.3. The van der Waals surface area contributed by atoms with Crippen molar-refractivity contribution in [2.24, 2.45) is 0 Å². The number of hydrogen-bond acceptors (Lipinski definition) is 4. The van der Waals surface area contributed by atoms with Crippen LogP contribution in [-0.4, -0.2) is 43.5 Å². The molecule has 1 aromatic heterocycles. The lowest BCUT2D eigenvalue weighted by Gasteiger charge is -2.20. The van der Waals surface area contributed by atoms with E-state index in [0.717, 1.165) is 5.69 Å². The summed E-state index contributed by atoms with van der Waals surface area (Å²) in [5, 5.41) is 8.60. The Morgan fingerprint density at radius 3 is 2.56 bits per heavy atom. The Hall–Kier alpha value is -2.09. The molecular formula is C11H14N4O. The maximum absolute atomic E-state index is 11.5. The van der Waals surface area contributed by atoms with Crippen molar-refractivity contribution >= 4 is 11.6 Å². The number of carbonyl (C=O) groups is 1. The van der Waals surface area contributed by atoms with Gasteiger partial charge in [0.1, 0.15) is 11.8 Å². The molecule has 0 saturated carbocycles. The molecule has 5 nitrogen and oxygen atoms in total. The maximum Gasteiger partial charge on any atom is 0.241 e. The summed E-state index contributed by atoms with van der Waals surface area (Å²) >= 11 is 0. The number of rotatable bonds is 3. The summed E-state index contributed by atoms with van der Waals surface area (Å²) in [5.74, 6) is 0.0202. The monoisotopic (exact) mass is 218 g/mol. The molecule has 1 amide bonds. The van der Waals surface area contributed by atoms with Gasteiger partial charge in [-0.05, 0) is 12.1 Å². The van der Waals surface area contributed by atoms with E-state index in [0.29, 0.717) is 12.2 Å². The molecule has 0 fully saturated rings. The molecule has 0 aliphatic carbocycles. The second-order valence-corrected chi connectivity index (χ2v) is 3.66. The van der Waals surface area contributed by atoms with E-state index >= 15 is 0 Å². The molecule has 0 unspecified atom stereocenters. The predicted octanol–water partition coefficient (Wildman–Crippen LogP) is 0.478. The zero-order valence-corrected chi connectivity index (χ0v) is 9.64. The van der Waals surface area contributed by atoms with Gasteiger partial charge in [0.2, 0.25) is 5.91 Å². The van der Waals surface area contributed by atoms with Crippen molar-refractivity contribution in [2.75, 3.05) is 32.6 Å². The van der Waals surface area contributed by atoms with Crippen molar-refractivity contribution in [3.8, 4) is 6.07 Å². The van der Waals surface area contributed by atoms with E-state index in [1.54, 1.807) is 37.3 Å². The normalized spacial score (nSPS) is 9.38. The van der Waals surface area contributed by atoms with Gasteiger partial charge >= 0.3 is 0 Å². The largest absolute Gasteiger partial charge is 0.364 e. The van der Waals surface area contributed by atoms with Crippen molar-refractivity contribution in [3.05, 3.63) is 24.0 Å². The van der Waals surface area contributed by atoms with E-state index in [1.807, 2.05) is 13.1 Å². The number of amides is 1. The van der Waals surface area contributed by atoms with Crippen molar-refractivity contribution < 1.29 is 4.79 Å². The third-order valence-corrected chi connectivity index (χ3v) is 2.17. The molecule has 0 radical (unpaired) electrons. The van der Waals surface area contributed by atoms with Crippen molar-refractivity contribution in [1.29, 1.82) is 5.26 Å². The first-order chi connectivity index (χ1) is 7.54. The summed E-state index contributed by atoms with van der Waals surface area (Å²) in [6.07, 6.45) is 1.58. The Morgan fingerprint density at radius 1 is 1.44 bits per heavy atom. The van der Waals surface area contributed by atoms with Gasteiger partial charge in [0.25, 0.3) is 0 Å². The van der Waals surface area contributed by atoms with Crippen LogP contribution in [0.5, 0.6) is 0 Å². The lowest BCUT2D eigenvalue weighted by Crippen LogP contribution is -2.34. The molecule has 1 heterocycles. The molecular weight excluding hydrogens is 204 g/mol. The van der Waals surface area contributed by atoms with Crippen LogP contribution in [-0.2, 0) is 4.79 Å². The van der Waals surface area contributed by atoms with Gasteiger partial charge in [-0.2, -0.15) is 5.26 Å². The zero-order chi connectivity index (χ0) is 12.1. The van der Waals surface area contributed by atoms with E-state index in [9.17, 15) is 4.79 Å². The van der Waals surface area contributed by atoms with Gasteiger partial charge in [0.15, 0.2) is 0 Å². The molecule has 5 heteroatoms. The van der Waals surface area contributed by atoms with Gasteiger partial charge in [-0.3, -0.25) is 4.79 Å². The third kappa shape index (κ3) is 2.95. The molecule has 1 aromatic rings. The summed E-state index contributed by atoms with van der Waals surface area (Å²) in [6, 6.07) is 5.35. The van der Waals surface area contributed by atoms with Gasteiger partial charge in [0.05, 0.1) is 18.4 Å². The number of hydrogen-bond donors (Lipinski definition) is 0. The van der Waals surface area contributed by atoms with Crippen LogP contribution in [0.4, 0.5) is 5.69 Å². The minimum absolute atomic E-state index is 0.0202. The minimum Gasteiger partial charge on any atom is -0.364 e. The molecule has 16 heavy (non-hydrogen) atoms. The standard InChI is InChI=1S/C11H14N4O/c1-14(2)11(16)8-15(3)10-5-4-9(6-12)13-7-10/h4-5,7H,8H2,1-3H3. The Morgan fingerprint density at radius 2 is 2.12 bits per heavy atom. The topological polar surface area (TPSA) is 60.2 Å². The Labute approximate surface area is 94.9 Å². The Kier molecular flexibility index (Phi) is 3.84. The van der Waals surface area contributed by atoms with E-state index in [4.69, 9.17) is 5.26 Å². The van der Waals surface area contributed by atoms with Crippen LogP contribution in [0.25, 0.3) is 0 Å². The Bertz CT molecular complexity index is 405. The summed E-state index contributed by atoms with van der Waals surface area (Å²) in [6.45, 7) is 0.292. The fourth-order valence-electron chi connectivity index (χ4n) is 1.11. The average molecular weight is 218 g/mol. The first-order valence-corrected chi connectivity index (χ1v) is 4.82. The fourth-order valence-corrected chi connectivity index (χ4v) is 1.11. The summed E-state index contributed by atoms with van der Waals surface area (Å²) in [7, 11) is 5.24. The van der Waals surface area contributed by atoms with Crippen LogP contribution >= 0.6 is 0 Å². The quantitative estimate of drug-likeness (QED) is 0.740. The minimum atomic E-state index is 0.0202. The molecule has 0 aromatic carbocycles. The van der Waals surface area contributed by atoms with E-state index < -0.39 is 0 Å². The second-order valence-electron chi connectivity index (χ2n) is 3.66. The van der Waals surface area contributed by atoms with Crippen LogP contribution in [0.3, 0.4) is 0 Å². The lowest BCUT2D eigenvalue weighted by molar-refractivity contribution is -0.127. The number of carbonyl (C=O) groups excluding carboxylic acids is 1. The maximum atomic E-state index is 11.5. The molecule has 0 aliphatic rings. The molecule has 0 aliphatic heterocycles. The number of aromatic nitrogens is 1. The van der Waals surface area contributed by atoms with Gasteiger partial charge in [-0.25, -0.2) is 4.98 Å². The summed E-state index contributed by atoms with van der Waals surface area (Å²) in [4.78, 5) is 18.7. The smallest absolute Gasteiger partial charge is 0.241 e. The highest BCUT2D eigenvalue weighted by atomic mass is 16.2. The summed E-state index contributed by atoms with van der Waals surface area (Å²) in [5.41, 5.74) is 1.19. The number of anilines is 1. The van der Waals surface area contributed by atoms with Gasteiger partial charge in [-0.1, -0.05) is 0 Å². The molecule has 1 rings (SSSR count). The molecule has 0 saturated heterocycles. The van der Waals surface area contributed by atoms with Crippen molar-refractivity contribution in [1.82, 2.24) is 9.88 Å². The van der Waals surface area contributed by atoms with E-state index in [2.05, 4.69) is 4.98 Å². The van der Waals surface area contributed by atoms with Crippen LogP contribution in [0.2, 0.25) is 0 Å². The highest BCUT2D eigenvalue weighted by molar-refractivity contribution is 5.80. The third-order valence-electron chi connectivity index (χ3n) is 2.17. The average Bonchev–Trinajstić information content (AvgIpc) is 2.28. The second kappa shape index (κ2) is 5.12. The fraction of sp³-hybridized carbons (Fsp3) is 0.364. The number of pyridine rings is 1.